The zero-order valence-corrected chi connectivity index (χ0v) is 18.1. The number of sulfonamides is 1. The number of hydrogen-bond acceptors (Lipinski definition) is 5. The minimum Gasteiger partial charge on any atom is -0.500 e. The van der Waals surface area contributed by atoms with Crippen molar-refractivity contribution in [3.8, 4) is 0 Å². The van der Waals surface area contributed by atoms with Crippen molar-refractivity contribution in [2.45, 2.75) is 40.5 Å². The Labute approximate surface area is 168 Å². The van der Waals surface area contributed by atoms with E-state index in [1.165, 1.54) is 14.2 Å². The van der Waals surface area contributed by atoms with Gasteiger partial charge in [0.15, 0.2) is 0 Å². The third kappa shape index (κ3) is 5.56. The maximum Gasteiger partial charge on any atom is 0.339 e. The van der Waals surface area contributed by atoms with Crippen LogP contribution in [0.3, 0.4) is 0 Å². The van der Waals surface area contributed by atoms with Gasteiger partial charge in [0, 0.05) is 18.8 Å². The second kappa shape index (κ2) is 10.8. The molecule has 156 valence electrons. The highest BCUT2D eigenvalue weighted by Gasteiger charge is 2.20. The van der Waals surface area contributed by atoms with E-state index in [4.69, 9.17) is 9.15 Å². The second-order valence-corrected chi connectivity index (χ2v) is 7.63. The van der Waals surface area contributed by atoms with Gasteiger partial charge in [-0.1, -0.05) is 38.1 Å². The number of fused-ring (bicyclic) bond motifs is 1. The second-order valence-electron chi connectivity index (χ2n) is 5.78. The van der Waals surface area contributed by atoms with Gasteiger partial charge in [-0.3, -0.25) is 0 Å². The molecule has 0 unspecified atom stereocenters. The minimum atomic E-state index is -3.36. The normalized spacial score (nSPS) is 13.4. The van der Waals surface area contributed by atoms with E-state index in [1.807, 2.05) is 51.1 Å². The van der Waals surface area contributed by atoms with Crippen LogP contribution >= 0.6 is 0 Å². The lowest BCUT2D eigenvalue weighted by atomic mass is 10.1. The average molecular weight is 410 g/mol. The lowest BCUT2D eigenvalue weighted by Gasteiger charge is -2.14. The van der Waals surface area contributed by atoms with Gasteiger partial charge in [-0.05, 0) is 45.0 Å². The molecule has 0 saturated heterocycles. The summed E-state index contributed by atoms with van der Waals surface area (Å²) in [5.41, 5.74) is 2.12. The summed E-state index contributed by atoms with van der Waals surface area (Å²) in [7, 11) is -0.492. The molecule has 3 rings (SSSR count). The minimum absolute atomic E-state index is 0. The van der Waals surface area contributed by atoms with Crippen LogP contribution in [-0.2, 0) is 14.8 Å². The Bertz CT molecular complexity index is 1020. The summed E-state index contributed by atoms with van der Waals surface area (Å²) in [6.45, 7) is 7.72. The van der Waals surface area contributed by atoms with Crippen LogP contribution in [0.1, 0.15) is 39.2 Å². The molecule has 0 amide bonds. The van der Waals surface area contributed by atoms with Crippen molar-refractivity contribution in [3.05, 3.63) is 68.6 Å². The first-order valence-electron chi connectivity index (χ1n) is 9.18. The lowest BCUT2D eigenvalue weighted by Crippen LogP contribution is -2.22. The van der Waals surface area contributed by atoms with Crippen LogP contribution in [0.4, 0.5) is 0 Å². The summed E-state index contributed by atoms with van der Waals surface area (Å²) >= 11 is 0. The number of hydrogen-bond donors (Lipinski definition) is 1. The topological polar surface area (TPSA) is 85.6 Å². The molecule has 0 saturated carbocycles. The first-order chi connectivity index (χ1) is 13.3. The molecule has 1 aromatic heterocycles. The Morgan fingerprint density at radius 3 is 2.39 bits per heavy atom. The van der Waals surface area contributed by atoms with Crippen LogP contribution in [0.5, 0.6) is 0 Å². The molecule has 0 fully saturated rings. The zero-order valence-electron chi connectivity index (χ0n) is 17.3. The van der Waals surface area contributed by atoms with Gasteiger partial charge in [0.2, 0.25) is 10.0 Å². The van der Waals surface area contributed by atoms with E-state index in [0.29, 0.717) is 23.3 Å². The number of methoxy groups -OCH3 is 1. The molecule has 0 radical (unpaired) electrons. The highest BCUT2D eigenvalue weighted by molar-refractivity contribution is 7.93. The summed E-state index contributed by atoms with van der Waals surface area (Å²) in [6.07, 6.45) is 4.87. The number of aryl methyl sites for hydroxylation is 1. The van der Waals surface area contributed by atoms with Crippen LogP contribution in [0.25, 0.3) is 11.0 Å². The van der Waals surface area contributed by atoms with Gasteiger partial charge in [-0.2, -0.15) is 0 Å². The van der Waals surface area contributed by atoms with Crippen molar-refractivity contribution < 1.29 is 19.0 Å². The summed E-state index contributed by atoms with van der Waals surface area (Å²) in [4.78, 5) is 11.5. The van der Waals surface area contributed by atoms with E-state index in [-0.39, 0.29) is 12.0 Å². The van der Waals surface area contributed by atoms with E-state index in [0.717, 1.165) is 17.4 Å². The number of rotatable bonds is 3. The molecule has 0 aliphatic heterocycles. The van der Waals surface area contributed by atoms with E-state index >= 15 is 0 Å². The third-order valence-corrected chi connectivity index (χ3v) is 5.73. The van der Waals surface area contributed by atoms with Crippen molar-refractivity contribution >= 4 is 21.0 Å². The molecule has 0 bridgehead atoms. The Morgan fingerprint density at radius 1 is 1.14 bits per heavy atom. The number of nitrogens with one attached hydrogen (secondary N) is 1. The largest absolute Gasteiger partial charge is 0.500 e. The summed E-state index contributed by atoms with van der Waals surface area (Å²) < 4.78 is 35.2. The number of para-hydroxylation sites is 1. The molecule has 28 heavy (non-hydrogen) atoms. The molecule has 0 atom stereocenters. The molecular formula is C21H31NO5S. The predicted octanol–water partition coefficient (Wildman–Crippen LogP) is 4.43. The van der Waals surface area contributed by atoms with Gasteiger partial charge in [-0.25, -0.2) is 17.9 Å². The molecule has 0 spiro atoms. The van der Waals surface area contributed by atoms with Crippen LogP contribution < -0.4 is 10.3 Å². The first-order valence-corrected chi connectivity index (χ1v) is 10.7. The Balaban J connectivity index is 0.000000483. The maximum absolute atomic E-state index is 11.4. The van der Waals surface area contributed by atoms with Crippen molar-refractivity contribution in [1.82, 2.24) is 4.72 Å². The molecule has 1 heterocycles. The molecule has 7 heteroatoms. The standard InChI is InChI=1S/C11H10O2.C8H13NO3S.C2H6.H2/c1-7-8(2)11(12)13-10-6-4-3-5-9(7)10;1-9-13(10,11)8-6-4-3-5-7(8)12-2;1-2;/h3-6H,1-2H3;4,6,9H,3,5H2,1-2H3;1-2H3;1H. The monoisotopic (exact) mass is 409 g/mol. The fraction of sp³-hybridized carbons (Fsp3) is 0.381. The first kappa shape index (κ1) is 23.7. The molecule has 1 aromatic carbocycles. The third-order valence-electron chi connectivity index (χ3n) is 4.25. The van der Waals surface area contributed by atoms with Crippen LogP contribution in [0, 0.1) is 13.8 Å². The Hall–Kier alpha value is -2.38. The molecule has 2 aromatic rings. The van der Waals surface area contributed by atoms with E-state index < -0.39 is 10.0 Å². The highest BCUT2D eigenvalue weighted by Crippen LogP contribution is 2.22. The average Bonchev–Trinajstić information content (AvgIpc) is 2.74. The maximum atomic E-state index is 11.4. The van der Waals surface area contributed by atoms with Gasteiger partial charge in [0.05, 0.1) is 7.11 Å². The van der Waals surface area contributed by atoms with Crippen LogP contribution in [0.2, 0.25) is 0 Å². The summed E-state index contributed by atoms with van der Waals surface area (Å²) in [5, 5.41) is 1.01. The van der Waals surface area contributed by atoms with Gasteiger partial charge >= 0.3 is 5.63 Å². The Kier molecular flexibility index (Phi) is 9.15. The van der Waals surface area contributed by atoms with Crippen molar-refractivity contribution in [3.63, 3.8) is 0 Å². The van der Waals surface area contributed by atoms with Crippen molar-refractivity contribution in [2.75, 3.05) is 14.2 Å². The number of ether oxygens (including phenoxy) is 1. The molecule has 1 aliphatic carbocycles. The molecule has 1 aliphatic rings. The van der Waals surface area contributed by atoms with Crippen LogP contribution in [-0.4, -0.2) is 22.6 Å². The molecule has 1 N–H and O–H groups in total. The number of allylic oxidation sites excluding steroid dienone is 3. The van der Waals surface area contributed by atoms with E-state index in [9.17, 15) is 13.2 Å². The fourth-order valence-corrected chi connectivity index (χ4v) is 3.55. The SMILES string of the molecule is CC.CNS(=O)(=O)C1=C(OC)CCC=C1.Cc1c(C)c2ccccc2oc1=O.[HH]. The fourth-order valence-electron chi connectivity index (χ4n) is 2.57. The zero-order chi connectivity index (χ0) is 21.3. The lowest BCUT2D eigenvalue weighted by molar-refractivity contribution is 0.275. The quantitative estimate of drug-likeness (QED) is 0.758. The highest BCUT2D eigenvalue weighted by atomic mass is 32.2. The molecular weight excluding hydrogens is 378 g/mol. The van der Waals surface area contributed by atoms with Gasteiger partial charge < -0.3 is 9.15 Å². The summed E-state index contributed by atoms with van der Waals surface area (Å²) in [5.74, 6) is 0.525. The van der Waals surface area contributed by atoms with Crippen LogP contribution in [0.15, 0.2) is 56.3 Å². The van der Waals surface area contributed by atoms with Crippen molar-refractivity contribution in [2.24, 2.45) is 0 Å². The number of benzene rings is 1. The molecule has 6 nitrogen and oxygen atoms in total. The van der Waals surface area contributed by atoms with Crippen molar-refractivity contribution in [1.29, 1.82) is 0 Å². The summed E-state index contributed by atoms with van der Waals surface area (Å²) in [6, 6.07) is 7.57. The van der Waals surface area contributed by atoms with Gasteiger partial charge in [0.1, 0.15) is 16.2 Å². The van der Waals surface area contributed by atoms with E-state index in [2.05, 4.69) is 4.72 Å². The van der Waals surface area contributed by atoms with Gasteiger partial charge in [-0.15, -0.1) is 0 Å². The smallest absolute Gasteiger partial charge is 0.339 e. The van der Waals surface area contributed by atoms with E-state index in [1.54, 1.807) is 13.0 Å². The van der Waals surface area contributed by atoms with Gasteiger partial charge in [0.25, 0.3) is 0 Å². The Morgan fingerprint density at radius 2 is 1.79 bits per heavy atom. The predicted molar refractivity (Wildman–Crippen MR) is 116 cm³/mol.